The Balaban J connectivity index is 1.84. The molecule has 7 heteroatoms. The van der Waals surface area contributed by atoms with Gasteiger partial charge in [0.2, 0.25) is 10.0 Å². The maximum absolute atomic E-state index is 12.3. The van der Waals surface area contributed by atoms with Crippen LogP contribution in [-0.4, -0.2) is 44.1 Å². The van der Waals surface area contributed by atoms with Gasteiger partial charge in [0.05, 0.1) is 4.90 Å². The van der Waals surface area contributed by atoms with Crippen molar-refractivity contribution in [2.75, 3.05) is 13.1 Å². The molecule has 6 nitrogen and oxygen atoms in total. The summed E-state index contributed by atoms with van der Waals surface area (Å²) in [6.45, 7) is 8.31. The van der Waals surface area contributed by atoms with E-state index < -0.39 is 15.6 Å². The van der Waals surface area contributed by atoms with E-state index in [2.05, 4.69) is 4.72 Å². The van der Waals surface area contributed by atoms with Crippen molar-refractivity contribution in [2.45, 2.75) is 69.9 Å². The van der Waals surface area contributed by atoms with E-state index in [1.165, 1.54) is 0 Å². The number of ether oxygens (including phenoxy) is 1. The fraction of sp³-hybridized carbons (Fsp3) is 0.632. The minimum Gasteiger partial charge on any atom is -0.444 e. The van der Waals surface area contributed by atoms with Crippen LogP contribution in [0.3, 0.4) is 0 Å². The van der Waals surface area contributed by atoms with Gasteiger partial charge in [-0.2, -0.15) is 0 Å². The van der Waals surface area contributed by atoms with Crippen LogP contribution in [0.15, 0.2) is 29.2 Å². The maximum Gasteiger partial charge on any atom is 0.410 e. The summed E-state index contributed by atoms with van der Waals surface area (Å²) in [5.74, 6) is 0. The molecule has 1 aromatic rings. The molecule has 1 fully saturated rings. The Hall–Kier alpha value is -1.60. The van der Waals surface area contributed by atoms with Crippen LogP contribution in [0.4, 0.5) is 4.79 Å². The van der Waals surface area contributed by atoms with Crippen molar-refractivity contribution in [1.29, 1.82) is 0 Å². The molecule has 0 aliphatic heterocycles. The van der Waals surface area contributed by atoms with Gasteiger partial charge in [-0.05, 0) is 64.2 Å². The second-order valence-electron chi connectivity index (χ2n) is 7.65. The van der Waals surface area contributed by atoms with E-state index in [9.17, 15) is 13.2 Å². The summed E-state index contributed by atoms with van der Waals surface area (Å²) < 4.78 is 32.7. The third-order valence-corrected chi connectivity index (χ3v) is 5.60. The monoisotopic (exact) mass is 382 g/mol. The summed E-state index contributed by atoms with van der Waals surface area (Å²) in [4.78, 5) is 14.3. The molecule has 1 aliphatic rings. The molecule has 0 aromatic heterocycles. The zero-order chi connectivity index (χ0) is 19.4. The number of nitrogens with zero attached hydrogens (tertiary/aromatic N) is 1. The Labute approximate surface area is 157 Å². The number of carbonyl (C=O) groups is 1. The molecule has 0 bridgehead atoms. The maximum atomic E-state index is 12.3. The number of nitrogens with one attached hydrogen (secondary N) is 1. The topological polar surface area (TPSA) is 75.7 Å². The Morgan fingerprint density at radius 2 is 1.85 bits per heavy atom. The lowest BCUT2D eigenvalue weighted by molar-refractivity contribution is 0.0232. The lowest BCUT2D eigenvalue weighted by atomic mass is 10.2. The van der Waals surface area contributed by atoms with Crippen molar-refractivity contribution in [3.8, 4) is 0 Å². The van der Waals surface area contributed by atoms with Gasteiger partial charge < -0.3 is 9.64 Å². The number of amides is 1. The molecule has 1 saturated carbocycles. The second kappa shape index (κ2) is 8.39. The highest BCUT2D eigenvalue weighted by molar-refractivity contribution is 7.89. The predicted octanol–water partition coefficient (Wildman–Crippen LogP) is 3.32. The summed E-state index contributed by atoms with van der Waals surface area (Å²) in [5, 5.41) is 0. The third kappa shape index (κ3) is 6.29. The normalized spacial score (nSPS) is 14.9. The van der Waals surface area contributed by atoms with Gasteiger partial charge in [-0.3, -0.25) is 0 Å². The molecule has 26 heavy (non-hydrogen) atoms. The second-order valence-corrected chi connectivity index (χ2v) is 9.42. The van der Waals surface area contributed by atoms with E-state index in [-0.39, 0.29) is 23.6 Å². The van der Waals surface area contributed by atoms with Crippen LogP contribution in [0.5, 0.6) is 0 Å². The van der Waals surface area contributed by atoms with Gasteiger partial charge >= 0.3 is 6.09 Å². The van der Waals surface area contributed by atoms with Gasteiger partial charge in [-0.1, -0.05) is 19.1 Å². The summed E-state index contributed by atoms with van der Waals surface area (Å²) in [6.07, 6.45) is 3.05. The Bertz CT molecular complexity index is 704. The largest absolute Gasteiger partial charge is 0.444 e. The van der Waals surface area contributed by atoms with Crippen LogP contribution < -0.4 is 4.72 Å². The quantitative estimate of drug-likeness (QED) is 0.700. The van der Waals surface area contributed by atoms with Gasteiger partial charge in [0.15, 0.2) is 0 Å². The van der Waals surface area contributed by atoms with Crippen molar-refractivity contribution in [2.24, 2.45) is 0 Å². The fourth-order valence-electron chi connectivity index (χ4n) is 2.57. The Morgan fingerprint density at radius 1 is 1.23 bits per heavy atom. The smallest absolute Gasteiger partial charge is 0.410 e. The van der Waals surface area contributed by atoms with Gasteiger partial charge in [-0.25, -0.2) is 17.9 Å². The minimum absolute atomic E-state index is 0.225. The highest BCUT2D eigenvalue weighted by Gasteiger charge is 2.34. The van der Waals surface area contributed by atoms with E-state index in [0.717, 1.165) is 24.8 Å². The molecule has 1 aliphatic carbocycles. The average molecular weight is 383 g/mol. The van der Waals surface area contributed by atoms with Crippen molar-refractivity contribution >= 4 is 16.1 Å². The molecule has 146 valence electrons. The molecule has 1 amide bonds. The molecule has 0 atom stereocenters. The van der Waals surface area contributed by atoms with Crippen LogP contribution in [0.25, 0.3) is 0 Å². The first kappa shape index (κ1) is 20.7. The Kier molecular flexibility index (Phi) is 6.69. The SMILES string of the molecule is CCc1ccc(S(=O)(=O)NCCCN(C(=O)OC(C)(C)C)C2CC2)cc1. The standard InChI is InChI=1S/C19H30N2O4S/c1-5-15-7-11-17(12-8-15)26(23,24)20-13-6-14-21(16-9-10-16)18(22)25-19(2,3)4/h7-8,11-12,16,20H,5-6,9-10,13-14H2,1-4H3. The molecular formula is C19H30N2O4S. The number of aryl methyl sites for hydroxylation is 1. The summed E-state index contributed by atoms with van der Waals surface area (Å²) in [7, 11) is -3.52. The van der Waals surface area contributed by atoms with E-state index in [4.69, 9.17) is 4.74 Å². The first-order chi connectivity index (χ1) is 12.1. The molecule has 0 saturated heterocycles. The molecule has 1 aromatic carbocycles. The van der Waals surface area contributed by atoms with Crippen molar-refractivity contribution in [3.05, 3.63) is 29.8 Å². The summed E-state index contributed by atoms with van der Waals surface area (Å²) >= 11 is 0. The molecule has 1 N–H and O–H groups in total. The first-order valence-electron chi connectivity index (χ1n) is 9.20. The molecule has 0 unspecified atom stereocenters. The van der Waals surface area contributed by atoms with Crippen molar-refractivity contribution in [3.63, 3.8) is 0 Å². The zero-order valence-corrected chi connectivity index (χ0v) is 16.9. The lowest BCUT2D eigenvalue weighted by Crippen LogP contribution is -2.39. The van der Waals surface area contributed by atoms with Gasteiger partial charge in [0, 0.05) is 19.1 Å². The van der Waals surface area contributed by atoms with Gasteiger partial charge in [0.1, 0.15) is 5.60 Å². The van der Waals surface area contributed by atoms with Gasteiger partial charge in [0.25, 0.3) is 0 Å². The highest BCUT2D eigenvalue weighted by Crippen LogP contribution is 2.28. The summed E-state index contributed by atoms with van der Waals surface area (Å²) in [6, 6.07) is 7.12. The molecule has 2 rings (SSSR count). The minimum atomic E-state index is -3.52. The Morgan fingerprint density at radius 3 is 2.35 bits per heavy atom. The van der Waals surface area contributed by atoms with Crippen molar-refractivity contribution < 1.29 is 17.9 Å². The fourth-order valence-corrected chi connectivity index (χ4v) is 3.65. The molecular weight excluding hydrogens is 352 g/mol. The highest BCUT2D eigenvalue weighted by atomic mass is 32.2. The van der Waals surface area contributed by atoms with Crippen LogP contribution in [0.1, 0.15) is 52.5 Å². The molecule has 0 radical (unpaired) electrons. The van der Waals surface area contributed by atoms with Crippen molar-refractivity contribution in [1.82, 2.24) is 9.62 Å². The van der Waals surface area contributed by atoms with Crippen LogP contribution in [0, 0.1) is 0 Å². The number of rotatable bonds is 8. The van der Waals surface area contributed by atoms with Crippen LogP contribution >= 0.6 is 0 Å². The lowest BCUT2D eigenvalue weighted by Gasteiger charge is -2.27. The van der Waals surface area contributed by atoms with E-state index in [1.807, 2.05) is 39.8 Å². The number of carbonyl (C=O) groups excluding carboxylic acids is 1. The third-order valence-electron chi connectivity index (χ3n) is 4.13. The molecule has 0 spiro atoms. The summed E-state index contributed by atoms with van der Waals surface area (Å²) in [5.41, 5.74) is 0.567. The van der Waals surface area contributed by atoms with Crippen LogP contribution in [0.2, 0.25) is 0 Å². The van der Waals surface area contributed by atoms with E-state index in [0.29, 0.717) is 13.0 Å². The number of benzene rings is 1. The average Bonchev–Trinajstić information content (AvgIpc) is 3.37. The predicted molar refractivity (Wildman–Crippen MR) is 102 cm³/mol. The van der Waals surface area contributed by atoms with Gasteiger partial charge in [-0.15, -0.1) is 0 Å². The number of sulfonamides is 1. The number of hydrogen-bond donors (Lipinski definition) is 1. The van der Waals surface area contributed by atoms with Crippen LogP contribution in [-0.2, 0) is 21.2 Å². The van der Waals surface area contributed by atoms with E-state index in [1.54, 1.807) is 17.0 Å². The molecule has 0 heterocycles. The zero-order valence-electron chi connectivity index (χ0n) is 16.1. The van der Waals surface area contributed by atoms with E-state index >= 15 is 0 Å². The number of hydrogen-bond acceptors (Lipinski definition) is 4. The first-order valence-corrected chi connectivity index (χ1v) is 10.7.